The third-order valence-corrected chi connectivity index (χ3v) is 6.24. The van der Waals surface area contributed by atoms with Crippen molar-refractivity contribution in [1.29, 1.82) is 0 Å². The van der Waals surface area contributed by atoms with E-state index in [0.29, 0.717) is 17.9 Å². The van der Waals surface area contributed by atoms with Crippen LogP contribution in [0.4, 0.5) is 11.4 Å². The maximum absolute atomic E-state index is 12.3. The number of hydrogen-bond donors (Lipinski definition) is 1. The molecule has 0 radical (unpaired) electrons. The summed E-state index contributed by atoms with van der Waals surface area (Å²) in [5, 5.41) is 2.70. The van der Waals surface area contributed by atoms with Gasteiger partial charge in [0.05, 0.1) is 4.87 Å². The summed E-state index contributed by atoms with van der Waals surface area (Å²) in [5.74, 6) is -0.439. The number of nitrogens with zero attached hydrogens (tertiary/aromatic N) is 2. The monoisotopic (exact) mass is 377 g/mol. The average Bonchev–Trinajstić information content (AvgIpc) is 3.09. The molecule has 2 atom stereocenters. The van der Waals surface area contributed by atoms with E-state index >= 15 is 0 Å². The van der Waals surface area contributed by atoms with Crippen LogP contribution in [0.3, 0.4) is 0 Å². The van der Waals surface area contributed by atoms with Crippen molar-refractivity contribution in [3.8, 4) is 0 Å². The van der Waals surface area contributed by atoms with Crippen LogP contribution in [-0.4, -0.2) is 60.1 Å². The van der Waals surface area contributed by atoms with Crippen LogP contribution < -0.4 is 10.2 Å². The van der Waals surface area contributed by atoms with Crippen LogP contribution in [0.2, 0.25) is 0 Å². The number of hydrogen-bond acceptors (Lipinski definition) is 6. The van der Waals surface area contributed by atoms with Gasteiger partial charge in [-0.25, -0.2) is 4.79 Å². The molecule has 0 spiro atoms. The van der Waals surface area contributed by atoms with E-state index < -0.39 is 17.9 Å². The predicted molar refractivity (Wildman–Crippen MR) is 101 cm³/mol. The molecule has 1 N–H and O–H groups in total. The summed E-state index contributed by atoms with van der Waals surface area (Å²) < 4.78 is 5.16. The molecule has 2 amide bonds. The van der Waals surface area contributed by atoms with Gasteiger partial charge in [0.1, 0.15) is 6.04 Å². The number of ether oxygens (including phenoxy) is 1. The largest absolute Gasteiger partial charge is 0.454 e. The number of benzene rings is 1. The van der Waals surface area contributed by atoms with Crippen molar-refractivity contribution in [3.05, 3.63) is 24.3 Å². The van der Waals surface area contributed by atoms with Gasteiger partial charge in [0.2, 0.25) is 5.91 Å². The Morgan fingerprint density at radius 1 is 1.35 bits per heavy atom. The molecule has 2 fully saturated rings. The van der Waals surface area contributed by atoms with Crippen molar-refractivity contribution in [2.75, 3.05) is 36.7 Å². The number of anilines is 2. The fourth-order valence-electron chi connectivity index (χ4n) is 3.27. The lowest BCUT2D eigenvalue weighted by molar-refractivity contribution is -0.155. The maximum atomic E-state index is 12.3. The summed E-state index contributed by atoms with van der Waals surface area (Å²) in [4.78, 5) is 39.7. The van der Waals surface area contributed by atoms with E-state index in [2.05, 4.69) is 5.32 Å². The topological polar surface area (TPSA) is 79.0 Å². The Kier molecular flexibility index (Phi) is 5.13. The molecule has 2 aliphatic rings. The summed E-state index contributed by atoms with van der Waals surface area (Å²) in [5.41, 5.74) is 1.65. The Morgan fingerprint density at radius 3 is 2.69 bits per heavy atom. The van der Waals surface area contributed by atoms with E-state index in [1.165, 1.54) is 0 Å². The van der Waals surface area contributed by atoms with Gasteiger partial charge in [-0.15, -0.1) is 11.8 Å². The lowest BCUT2D eigenvalue weighted by atomic mass is 10.2. The van der Waals surface area contributed by atoms with Gasteiger partial charge in [-0.2, -0.15) is 0 Å². The molecular weight excluding hydrogens is 354 g/mol. The molecule has 0 bridgehead atoms. The molecule has 26 heavy (non-hydrogen) atoms. The molecule has 0 aromatic heterocycles. The molecule has 0 saturated carbocycles. The van der Waals surface area contributed by atoms with Crippen LogP contribution in [0, 0.1) is 0 Å². The standard InChI is InChI=1S/C18H23N3O4S/c1-18-9-8-16(23)21(18)14(11-26-18)17(24)25-10-15(22)19-12-4-6-13(7-5-12)20(2)3/h4-7,14H,8-11H2,1-3H3,(H,19,22)/t14-,18-/m0/s1. The van der Waals surface area contributed by atoms with E-state index in [9.17, 15) is 14.4 Å². The SMILES string of the molecule is CN(C)c1ccc(NC(=O)COC(=O)[C@@H]2CS[C@@]3(C)CCC(=O)N23)cc1. The van der Waals surface area contributed by atoms with E-state index in [1.54, 1.807) is 28.8 Å². The fraction of sp³-hybridized carbons (Fsp3) is 0.500. The third-order valence-electron chi connectivity index (χ3n) is 4.73. The molecule has 0 unspecified atom stereocenters. The highest BCUT2D eigenvalue weighted by atomic mass is 32.2. The zero-order chi connectivity index (χ0) is 18.9. The second-order valence-corrected chi connectivity index (χ2v) is 8.36. The summed E-state index contributed by atoms with van der Waals surface area (Å²) >= 11 is 1.60. The third kappa shape index (κ3) is 3.65. The minimum absolute atomic E-state index is 0.0233. The lowest BCUT2D eigenvalue weighted by Gasteiger charge is -2.29. The summed E-state index contributed by atoms with van der Waals surface area (Å²) in [6.45, 7) is 1.61. The Morgan fingerprint density at radius 2 is 2.04 bits per heavy atom. The van der Waals surface area contributed by atoms with Gasteiger partial charge in [-0.3, -0.25) is 9.59 Å². The number of amides is 2. The molecule has 1 aromatic rings. The molecule has 8 heteroatoms. The molecule has 2 heterocycles. The zero-order valence-electron chi connectivity index (χ0n) is 15.2. The highest BCUT2D eigenvalue weighted by molar-refractivity contribution is 8.01. The first-order chi connectivity index (χ1) is 12.3. The van der Waals surface area contributed by atoms with Gasteiger partial charge in [0.25, 0.3) is 5.91 Å². The van der Waals surface area contributed by atoms with Crippen LogP contribution in [0.15, 0.2) is 24.3 Å². The minimum atomic E-state index is -0.604. The van der Waals surface area contributed by atoms with Gasteiger partial charge in [0.15, 0.2) is 6.61 Å². The van der Waals surface area contributed by atoms with Crippen molar-refractivity contribution in [1.82, 2.24) is 4.90 Å². The molecular formula is C18H23N3O4S. The number of rotatable bonds is 5. The van der Waals surface area contributed by atoms with E-state index in [1.807, 2.05) is 38.1 Å². The number of nitrogens with one attached hydrogen (secondary N) is 1. The summed E-state index contributed by atoms with van der Waals surface area (Å²) in [7, 11) is 3.87. The van der Waals surface area contributed by atoms with Crippen LogP contribution >= 0.6 is 11.8 Å². The first-order valence-electron chi connectivity index (χ1n) is 8.50. The number of carbonyl (C=O) groups is 3. The Balaban J connectivity index is 1.51. The van der Waals surface area contributed by atoms with Gasteiger partial charge in [-0.05, 0) is 37.6 Å². The van der Waals surface area contributed by atoms with Crippen molar-refractivity contribution in [2.45, 2.75) is 30.7 Å². The highest BCUT2D eigenvalue weighted by Gasteiger charge is 2.53. The van der Waals surface area contributed by atoms with Crippen LogP contribution in [0.5, 0.6) is 0 Å². The smallest absolute Gasteiger partial charge is 0.330 e. The van der Waals surface area contributed by atoms with Gasteiger partial charge in [-0.1, -0.05) is 0 Å². The molecule has 3 rings (SSSR count). The van der Waals surface area contributed by atoms with Crippen LogP contribution in [-0.2, 0) is 19.1 Å². The van der Waals surface area contributed by atoms with E-state index in [0.717, 1.165) is 12.1 Å². The first-order valence-corrected chi connectivity index (χ1v) is 9.49. The van der Waals surface area contributed by atoms with Crippen molar-refractivity contribution in [2.24, 2.45) is 0 Å². The maximum Gasteiger partial charge on any atom is 0.330 e. The quantitative estimate of drug-likeness (QED) is 0.787. The molecule has 2 saturated heterocycles. The van der Waals surface area contributed by atoms with Crippen molar-refractivity contribution >= 4 is 40.9 Å². The molecule has 7 nitrogen and oxygen atoms in total. The molecule has 1 aromatic carbocycles. The normalized spacial score (nSPS) is 24.3. The molecule has 2 aliphatic heterocycles. The number of thioether (sulfide) groups is 1. The average molecular weight is 377 g/mol. The molecule has 140 valence electrons. The van der Waals surface area contributed by atoms with Gasteiger partial charge in [0, 0.05) is 37.6 Å². The van der Waals surface area contributed by atoms with Crippen LogP contribution in [0.1, 0.15) is 19.8 Å². The van der Waals surface area contributed by atoms with Gasteiger partial charge < -0.3 is 19.9 Å². The van der Waals surface area contributed by atoms with Crippen LogP contribution in [0.25, 0.3) is 0 Å². The second-order valence-electron chi connectivity index (χ2n) is 6.86. The summed E-state index contributed by atoms with van der Waals surface area (Å²) in [6.07, 6.45) is 1.19. The van der Waals surface area contributed by atoms with Crippen molar-refractivity contribution < 1.29 is 19.1 Å². The second kappa shape index (κ2) is 7.19. The Labute approximate surface area is 157 Å². The van der Waals surface area contributed by atoms with Gasteiger partial charge >= 0.3 is 5.97 Å². The predicted octanol–water partition coefficient (Wildman–Crippen LogP) is 1.69. The zero-order valence-corrected chi connectivity index (χ0v) is 16.0. The number of esters is 1. The summed E-state index contributed by atoms with van der Waals surface area (Å²) in [6, 6.07) is 6.75. The van der Waals surface area contributed by atoms with Crippen molar-refractivity contribution in [3.63, 3.8) is 0 Å². The highest BCUT2D eigenvalue weighted by Crippen LogP contribution is 2.47. The first kappa shape index (κ1) is 18.6. The Hall–Kier alpha value is -2.22. The number of fused-ring (bicyclic) bond motifs is 1. The minimum Gasteiger partial charge on any atom is -0.454 e. The lowest BCUT2D eigenvalue weighted by Crippen LogP contribution is -2.47. The fourth-order valence-corrected chi connectivity index (χ4v) is 4.68. The van der Waals surface area contributed by atoms with E-state index in [-0.39, 0.29) is 17.4 Å². The molecule has 0 aliphatic carbocycles. The Bertz CT molecular complexity index is 722. The van der Waals surface area contributed by atoms with E-state index in [4.69, 9.17) is 4.74 Å². The number of carbonyl (C=O) groups excluding carboxylic acids is 3.